The van der Waals surface area contributed by atoms with Crippen molar-refractivity contribution in [2.75, 3.05) is 25.7 Å². The van der Waals surface area contributed by atoms with E-state index in [1.807, 2.05) is 36.4 Å². The lowest BCUT2D eigenvalue weighted by atomic mass is 10.0. The first-order chi connectivity index (χ1) is 11.6. The van der Waals surface area contributed by atoms with Crippen molar-refractivity contribution in [1.82, 2.24) is 9.97 Å². The Morgan fingerprint density at radius 2 is 1.79 bits per heavy atom. The van der Waals surface area contributed by atoms with E-state index in [0.717, 1.165) is 16.5 Å². The van der Waals surface area contributed by atoms with Crippen LogP contribution in [0.5, 0.6) is 11.5 Å². The van der Waals surface area contributed by atoms with Gasteiger partial charge in [0.15, 0.2) is 0 Å². The molecule has 0 saturated carbocycles. The number of hydrogen-bond donors (Lipinski definition) is 2. The van der Waals surface area contributed by atoms with E-state index in [1.165, 1.54) is 0 Å². The minimum atomic E-state index is -0.00528. The van der Waals surface area contributed by atoms with E-state index in [2.05, 4.69) is 9.97 Å². The third-order valence-electron chi connectivity index (χ3n) is 3.70. The maximum absolute atomic E-state index is 9.40. The molecule has 0 atom stereocenters. The molecule has 7 nitrogen and oxygen atoms in total. The van der Waals surface area contributed by atoms with Gasteiger partial charge in [0, 0.05) is 10.9 Å². The molecule has 0 aliphatic heterocycles. The van der Waals surface area contributed by atoms with Crippen LogP contribution in [0.2, 0.25) is 0 Å². The Hall–Kier alpha value is -3.53. The monoisotopic (exact) mass is 321 g/mol. The van der Waals surface area contributed by atoms with Gasteiger partial charge in [0.1, 0.15) is 28.9 Å². The number of rotatable bonds is 3. The number of hydrogen-bond acceptors (Lipinski definition) is 7. The number of nitrogens with zero attached hydrogens (tertiary/aromatic N) is 3. The van der Waals surface area contributed by atoms with E-state index < -0.39 is 0 Å². The standard InChI is InChI=1S/C17H15N5O2/c1-23-13-5-3-4-9-6-11(14(24-2)7-10(9)13)15-12(8-18)16(19)22-17(20)21-15/h3-7H,1-2H3,(H4,19,20,21,22). The summed E-state index contributed by atoms with van der Waals surface area (Å²) in [7, 11) is 3.15. The largest absolute Gasteiger partial charge is 0.496 e. The molecule has 120 valence electrons. The van der Waals surface area contributed by atoms with Crippen molar-refractivity contribution in [2.45, 2.75) is 0 Å². The zero-order chi connectivity index (χ0) is 17.3. The van der Waals surface area contributed by atoms with Crippen LogP contribution in [0.3, 0.4) is 0 Å². The molecule has 24 heavy (non-hydrogen) atoms. The molecule has 0 aliphatic rings. The molecule has 0 unspecified atom stereocenters. The van der Waals surface area contributed by atoms with Crippen molar-refractivity contribution in [3.05, 3.63) is 35.9 Å². The fourth-order valence-corrected chi connectivity index (χ4v) is 2.61. The van der Waals surface area contributed by atoms with Gasteiger partial charge in [0.05, 0.1) is 19.9 Å². The van der Waals surface area contributed by atoms with Crippen LogP contribution in [0.1, 0.15) is 5.56 Å². The number of nitrogens with two attached hydrogens (primary N) is 2. The summed E-state index contributed by atoms with van der Waals surface area (Å²) < 4.78 is 10.9. The van der Waals surface area contributed by atoms with E-state index in [-0.39, 0.29) is 17.3 Å². The highest BCUT2D eigenvalue weighted by Crippen LogP contribution is 2.38. The lowest BCUT2D eigenvalue weighted by Gasteiger charge is -2.13. The van der Waals surface area contributed by atoms with Gasteiger partial charge in [-0.05, 0) is 23.6 Å². The molecule has 0 aliphatic carbocycles. The number of methoxy groups -OCH3 is 2. The maximum Gasteiger partial charge on any atom is 0.222 e. The highest BCUT2D eigenvalue weighted by Gasteiger charge is 2.18. The van der Waals surface area contributed by atoms with E-state index in [1.54, 1.807) is 14.2 Å². The molecule has 3 rings (SSSR count). The number of fused-ring (bicyclic) bond motifs is 1. The van der Waals surface area contributed by atoms with Crippen LogP contribution >= 0.6 is 0 Å². The number of nitrogen functional groups attached to an aromatic ring is 2. The predicted octanol–water partition coefficient (Wildman–Crippen LogP) is 2.35. The predicted molar refractivity (Wildman–Crippen MR) is 91.6 cm³/mol. The average Bonchev–Trinajstić information content (AvgIpc) is 2.59. The highest BCUT2D eigenvalue weighted by atomic mass is 16.5. The fraction of sp³-hybridized carbons (Fsp3) is 0.118. The van der Waals surface area contributed by atoms with Gasteiger partial charge >= 0.3 is 0 Å². The van der Waals surface area contributed by atoms with E-state index >= 15 is 0 Å². The van der Waals surface area contributed by atoms with Crippen LogP contribution in [0.4, 0.5) is 11.8 Å². The molecule has 3 aromatic rings. The molecule has 1 aromatic heterocycles. The summed E-state index contributed by atoms with van der Waals surface area (Å²) in [6, 6.07) is 11.4. The van der Waals surface area contributed by atoms with Crippen LogP contribution in [0.15, 0.2) is 30.3 Å². The van der Waals surface area contributed by atoms with Crippen LogP contribution in [0.25, 0.3) is 22.0 Å². The second-order valence-corrected chi connectivity index (χ2v) is 5.04. The summed E-state index contributed by atoms with van der Waals surface area (Å²) >= 11 is 0. The van der Waals surface area contributed by atoms with E-state index in [0.29, 0.717) is 17.0 Å². The summed E-state index contributed by atoms with van der Waals surface area (Å²) in [4.78, 5) is 8.02. The number of nitriles is 1. The molecule has 0 saturated heterocycles. The Labute approximate surface area is 138 Å². The summed E-state index contributed by atoms with van der Waals surface area (Å²) in [6.45, 7) is 0. The second-order valence-electron chi connectivity index (χ2n) is 5.04. The first kappa shape index (κ1) is 15.4. The van der Waals surface area contributed by atoms with Crippen molar-refractivity contribution in [3.63, 3.8) is 0 Å². The molecule has 0 bridgehead atoms. The summed E-state index contributed by atoms with van der Waals surface area (Å²) in [5, 5.41) is 11.2. The average molecular weight is 321 g/mol. The zero-order valence-corrected chi connectivity index (χ0v) is 13.2. The molecular weight excluding hydrogens is 306 g/mol. The molecule has 0 amide bonds. The Bertz CT molecular complexity index is 979. The number of aromatic nitrogens is 2. The SMILES string of the molecule is COc1cc2c(OC)cccc2cc1-c1nc(N)nc(N)c1C#N. The minimum Gasteiger partial charge on any atom is -0.496 e. The molecule has 0 fully saturated rings. The molecule has 0 spiro atoms. The van der Waals surface area contributed by atoms with Crippen molar-refractivity contribution >= 4 is 22.5 Å². The van der Waals surface area contributed by atoms with Gasteiger partial charge in [0.25, 0.3) is 0 Å². The smallest absolute Gasteiger partial charge is 0.222 e. The Morgan fingerprint density at radius 3 is 2.46 bits per heavy atom. The summed E-state index contributed by atoms with van der Waals surface area (Å²) in [6.07, 6.45) is 0. The van der Waals surface area contributed by atoms with Crippen LogP contribution < -0.4 is 20.9 Å². The van der Waals surface area contributed by atoms with Crippen molar-refractivity contribution < 1.29 is 9.47 Å². The first-order valence-corrected chi connectivity index (χ1v) is 7.07. The molecule has 4 N–H and O–H groups in total. The topological polar surface area (TPSA) is 120 Å². The zero-order valence-electron chi connectivity index (χ0n) is 13.2. The number of ether oxygens (including phenoxy) is 2. The molecule has 1 heterocycles. The van der Waals surface area contributed by atoms with E-state index in [4.69, 9.17) is 20.9 Å². The van der Waals surface area contributed by atoms with Gasteiger partial charge in [0.2, 0.25) is 5.95 Å². The van der Waals surface area contributed by atoms with Gasteiger partial charge in [-0.1, -0.05) is 12.1 Å². The van der Waals surface area contributed by atoms with Crippen LogP contribution in [-0.2, 0) is 0 Å². The third kappa shape index (κ3) is 2.40. The lowest BCUT2D eigenvalue weighted by Crippen LogP contribution is -2.05. The second kappa shape index (κ2) is 5.93. The quantitative estimate of drug-likeness (QED) is 0.759. The van der Waals surface area contributed by atoms with Crippen LogP contribution in [-0.4, -0.2) is 24.2 Å². The maximum atomic E-state index is 9.40. The normalized spacial score (nSPS) is 10.4. The van der Waals surface area contributed by atoms with Crippen molar-refractivity contribution in [3.8, 4) is 28.8 Å². The Kier molecular flexibility index (Phi) is 3.80. The van der Waals surface area contributed by atoms with Crippen LogP contribution in [0, 0.1) is 11.3 Å². The summed E-state index contributed by atoms with van der Waals surface area (Å²) in [5.41, 5.74) is 12.6. The Morgan fingerprint density at radius 1 is 1.04 bits per heavy atom. The van der Waals surface area contributed by atoms with Crippen molar-refractivity contribution in [1.29, 1.82) is 5.26 Å². The molecule has 2 aromatic carbocycles. The third-order valence-corrected chi connectivity index (χ3v) is 3.70. The molecule has 0 radical (unpaired) electrons. The van der Waals surface area contributed by atoms with Gasteiger partial charge in [-0.25, -0.2) is 4.98 Å². The van der Waals surface area contributed by atoms with Crippen molar-refractivity contribution in [2.24, 2.45) is 0 Å². The Balaban J connectivity index is 2.37. The lowest BCUT2D eigenvalue weighted by molar-refractivity contribution is 0.413. The van der Waals surface area contributed by atoms with Gasteiger partial charge in [-0.2, -0.15) is 10.2 Å². The highest BCUT2D eigenvalue weighted by molar-refractivity contribution is 5.95. The number of benzene rings is 2. The first-order valence-electron chi connectivity index (χ1n) is 7.07. The molecular formula is C17H15N5O2. The minimum absolute atomic E-state index is 0.00528. The van der Waals surface area contributed by atoms with E-state index in [9.17, 15) is 5.26 Å². The fourth-order valence-electron chi connectivity index (χ4n) is 2.61. The summed E-state index contributed by atoms with van der Waals surface area (Å²) in [5.74, 6) is 1.28. The van der Waals surface area contributed by atoms with Gasteiger partial charge in [-0.3, -0.25) is 0 Å². The van der Waals surface area contributed by atoms with Gasteiger partial charge < -0.3 is 20.9 Å². The molecule has 7 heteroatoms. The van der Waals surface area contributed by atoms with Gasteiger partial charge in [-0.15, -0.1) is 0 Å². The number of anilines is 2.